The Bertz CT molecular complexity index is 701. The third-order valence-electron chi connectivity index (χ3n) is 3.28. The molecule has 2 aromatic rings. The van der Waals surface area contributed by atoms with Gasteiger partial charge in [-0.15, -0.1) is 0 Å². The van der Waals surface area contributed by atoms with Crippen LogP contribution < -0.4 is 5.32 Å². The van der Waals surface area contributed by atoms with Crippen molar-refractivity contribution in [1.29, 1.82) is 0 Å². The number of anilines is 1. The van der Waals surface area contributed by atoms with Crippen LogP contribution in [0.4, 0.5) is 10.1 Å². The lowest BCUT2D eigenvalue weighted by Crippen LogP contribution is -2.15. The molecule has 1 N–H and O–H groups in total. The number of hydrogen-bond donors (Lipinski definition) is 1. The van der Waals surface area contributed by atoms with Gasteiger partial charge < -0.3 is 14.4 Å². The molecule has 130 valence electrons. The molecule has 0 fully saturated rings. The van der Waals surface area contributed by atoms with Crippen molar-refractivity contribution in [2.24, 2.45) is 0 Å². The van der Waals surface area contributed by atoms with Crippen LogP contribution in [-0.4, -0.2) is 13.2 Å². The zero-order valence-electron chi connectivity index (χ0n) is 13.5. The Hall–Kier alpha value is -1.39. The quantitative estimate of drug-likeness (QED) is 0.591. The monoisotopic (exact) mass is 371 g/mol. The summed E-state index contributed by atoms with van der Waals surface area (Å²) in [5.74, 6) is -1.16. The van der Waals surface area contributed by atoms with Crippen LogP contribution in [-0.2, 0) is 13.6 Å². The van der Waals surface area contributed by atoms with E-state index in [1.54, 1.807) is 50.2 Å². The first-order valence-corrected chi connectivity index (χ1v) is 9.64. The Balaban J connectivity index is 2.46. The minimum atomic E-state index is -3.54. The number of nitrogens with one attached hydrogen (secondary N) is 1. The fourth-order valence-corrected chi connectivity index (χ4v) is 4.56. The van der Waals surface area contributed by atoms with Crippen molar-refractivity contribution < 1.29 is 18.0 Å². The zero-order valence-corrected chi connectivity index (χ0v) is 15.2. The molecular weight excluding hydrogens is 352 g/mol. The van der Waals surface area contributed by atoms with Crippen molar-refractivity contribution >= 4 is 24.9 Å². The predicted molar refractivity (Wildman–Crippen MR) is 95.1 cm³/mol. The molecule has 1 unspecified atom stereocenters. The summed E-state index contributed by atoms with van der Waals surface area (Å²) in [6.07, 6.45) is 0. The van der Waals surface area contributed by atoms with E-state index in [0.29, 0.717) is 16.3 Å². The smallest absolute Gasteiger partial charge is 0.357 e. The maximum absolute atomic E-state index is 13.3. The zero-order chi connectivity index (χ0) is 17.6. The third-order valence-corrected chi connectivity index (χ3v) is 5.90. The molecule has 2 aromatic carbocycles. The Morgan fingerprint density at radius 2 is 1.67 bits per heavy atom. The topological polar surface area (TPSA) is 47.6 Å². The summed E-state index contributed by atoms with van der Waals surface area (Å²) >= 11 is 6.28. The predicted octanol–water partition coefficient (Wildman–Crippen LogP) is 5.86. The van der Waals surface area contributed by atoms with Gasteiger partial charge in [0.05, 0.1) is 13.2 Å². The van der Waals surface area contributed by atoms with Crippen LogP contribution in [0.15, 0.2) is 48.5 Å². The van der Waals surface area contributed by atoms with Crippen LogP contribution in [0.1, 0.15) is 25.2 Å². The molecule has 0 spiro atoms. The summed E-state index contributed by atoms with van der Waals surface area (Å²) < 4.78 is 37.4. The summed E-state index contributed by atoms with van der Waals surface area (Å²) in [6, 6.07) is 12.8. The van der Waals surface area contributed by atoms with E-state index in [2.05, 4.69) is 5.32 Å². The van der Waals surface area contributed by atoms with Crippen LogP contribution in [0.5, 0.6) is 0 Å². The van der Waals surface area contributed by atoms with Crippen molar-refractivity contribution in [3.05, 3.63) is 64.9 Å². The van der Waals surface area contributed by atoms with Crippen molar-refractivity contribution in [1.82, 2.24) is 0 Å². The molecular formula is C17H20ClFNO3P. The molecule has 2 rings (SSSR count). The molecule has 0 aliphatic carbocycles. The maximum Gasteiger partial charge on any atom is 0.357 e. The lowest BCUT2D eigenvalue weighted by atomic mass is 10.2. The third kappa shape index (κ3) is 4.58. The highest BCUT2D eigenvalue weighted by atomic mass is 35.5. The van der Waals surface area contributed by atoms with E-state index in [1.165, 1.54) is 12.1 Å². The van der Waals surface area contributed by atoms with Crippen molar-refractivity contribution in [3.63, 3.8) is 0 Å². The highest BCUT2D eigenvalue weighted by molar-refractivity contribution is 7.54. The minimum absolute atomic E-state index is 0.226. The van der Waals surface area contributed by atoms with Crippen molar-refractivity contribution in [2.45, 2.75) is 19.6 Å². The molecule has 0 saturated heterocycles. The van der Waals surface area contributed by atoms with Crippen LogP contribution in [0, 0.1) is 5.82 Å². The van der Waals surface area contributed by atoms with Gasteiger partial charge in [-0.25, -0.2) is 4.39 Å². The first-order chi connectivity index (χ1) is 11.5. The Morgan fingerprint density at radius 3 is 2.21 bits per heavy atom. The molecule has 0 heterocycles. The van der Waals surface area contributed by atoms with Crippen molar-refractivity contribution in [3.8, 4) is 0 Å². The average Bonchev–Trinajstić information content (AvgIpc) is 2.55. The Labute approximate surface area is 146 Å². The molecule has 0 radical (unpaired) electrons. The first kappa shape index (κ1) is 18.9. The van der Waals surface area contributed by atoms with Gasteiger partial charge in [0, 0.05) is 16.3 Å². The fraction of sp³-hybridized carbons (Fsp3) is 0.294. The van der Waals surface area contributed by atoms with Crippen LogP contribution in [0.2, 0.25) is 5.02 Å². The lowest BCUT2D eigenvalue weighted by molar-refractivity contribution is 0.214. The van der Waals surface area contributed by atoms with E-state index in [9.17, 15) is 8.96 Å². The van der Waals surface area contributed by atoms with Gasteiger partial charge in [-0.3, -0.25) is 4.57 Å². The standard InChI is InChI=1S/C17H20ClFNO3P/c1-3-22-24(21,23-4-2)17(15-7-5-6-8-16(15)18)20-14-11-9-13(19)10-12-14/h5-12,17,20H,3-4H2,1-2H3. The normalized spacial score (nSPS) is 12.8. The lowest BCUT2D eigenvalue weighted by Gasteiger charge is -2.28. The van der Waals surface area contributed by atoms with E-state index in [1.807, 2.05) is 0 Å². The number of benzene rings is 2. The van der Waals surface area contributed by atoms with Crippen LogP contribution in [0.3, 0.4) is 0 Å². The van der Waals surface area contributed by atoms with E-state index in [0.717, 1.165) is 0 Å². The molecule has 0 amide bonds. The maximum atomic E-state index is 13.3. The molecule has 4 nitrogen and oxygen atoms in total. The van der Waals surface area contributed by atoms with Gasteiger partial charge in [-0.2, -0.15) is 0 Å². The second kappa shape index (κ2) is 8.63. The molecule has 0 saturated carbocycles. The van der Waals surface area contributed by atoms with Gasteiger partial charge in [0.25, 0.3) is 0 Å². The molecule has 1 atom stereocenters. The highest BCUT2D eigenvalue weighted by Crippen LogP contribution is 2.61. The summed E-state index contributed by atoms with van der Waals surface area (Å²) in [7, 11) is -3.54. The second-order valence-corrected chi connectivity index (χ2v) is 7.47. The van der Waals surface area contributed by atoms with Gasteiger partial charge in [0.1, 0.15) is 5.82 Å². The SMILES string of the molecule is CCOP(=O)(OCC)C(Nc1ccc(F)cc1)c1ccccc1Cl. The fourth-order valence-electron chi connectivity index (χ4n) is 2.27. The van der Waals surface area contributed by atoms with Gasteiger partial charge in [-0.1, -0.05) is 29.8 Å². The van der Waals surface area contributed by atoms with Crippen LogP contribution in [0.25, 0.3) is 0 Å². The average molecular weight is 372 g/mol. The summed E-state index contributed by atoms with van der Waals surface area (Å²) in [6.45, 7) is 3.94. The van der Waals surface area contributed by atoms with E-state index in [4.69, 9.17) is 20.6 Å². The van der Waals surface area contributed by atoms with Gasteiger partial charge in [0.15, 0.2) is 5.78 Å². The van der Waals surface area contributed by atoms with Gasteiger partial charge in [0.2, 0.25) is 0 Å². The molecule has 0 bridgehead atoms. The summed E-state index contributed by atoms with van der Waals surface area (Å²) in [5, 5.41) is 3.55. The first-order valence-electron chi connectivity index (χ1n) is 7.65. The Morgan fingerprint density at radius 1 is 1.08 bits per heavy atom. The molecule has 0 aromatic heterocycles. The van der Waals surface area contributed by atoms with Gasteiger partial charge in [-0.05, 0) is 44.2 Å². The summed E-state index contributed by atoms with van der Waals surface area (Å²) in [4.78, 5) is 0. The second-order valence-electron chi connectivity index (χ2n) is 4.95. The van der Waals surface area contributed by atoms with Crippen molar-refractivity contribution in [2.75, 3.05) is 18.5 Å². The highest BCUT2D eigenvalue weighted by Gasteiger charge is 2.38. The molecule has 24 heavy (non-hydrogen) atoms. The largest absolute Gasteiger partial charge is 0.368 e. The van der Waals surface area contributed by atoms with E-state index in [-0.39, 0.29) is 19.0 Å². The Kier molecular flexibility index (Phi) is 6.81. The molecule has 0 aliphatic rings. The number of rotatable bonds is 8. The molecule has 7 heteroatoms. The molecule has 0 aliphatic heterocycles. The number of halogens is 2. The van der Waals surface area contributed by atoms with Gasteiger partial charge >= 0.3 is 7.60 Å². The van der Waals surface area contributed by atoms with E-state index < -0.39 is 13.4 Å². The number of hydrogen-bond acceptors (Lipinski definition) is 4. The van der Waals surface area contributed by atoms with Crippen LogP contribution >= 0.6 is 19.2 Å². The summed E-state index contributed by atoms with van der Waals surface area (Å²) in [5.41, 5.74) is 1.18. The van der Waals surface area contributed by atoms with E-state index >= 15 is 0 Å². The minimum Gasteiger partial charge on any atom is -0.368 e.